The third kappa shape index (κ3) is 4.99. The Morgan fingerprint density at radius 3 is 2.40 bits per heavy atom. The largest absolute Gasteiger partial charge is 0.0776 e. The molecular weight excluding hydrogens is 124 g/mol. The fraction of sp³-hybridized carbons (Fsp3) is 1.00. The van der Waals surface area contributed by atoms with Crippen LogP contribution in [0.5, 0.6) is 0 Å². The second kappa shape index (κ2) is 4.99. The fourth-order valence-corrected chi connectivity index (χ4v) is 1.20. The van der Waals surface area contributed by atoms with E-state index in [0.717, 1.165) is 5.75 Å². The SMILES string of the molecule is CCSSCl. The minimum absolute atomic E-state index is 1.09. The third-order valence-corrected chi connectivity index (χ3v) is 2.26. The van der Waals surface area contributed by atoms with Gasteiger partial charge in [-0.25, -0.2) is 0 Å². The molecule has 0 aliphatic rings. The number of halogens is 1. The summed E-state index contributed by atoms with van der Waals surface area (Å²) in [5.41, 5.74) is 0. The highest BCUT2D eigenvalue weighted by Crippen LogP contribution is 2.23. The minimum atomic E-state index is 1.09. The van der Waals surface area contributed by atoms with Crippen molar-refractivity contribution in [1.29, 1.82) is 0 Å². The first kappa shape index (κ1) is 5.99. The van der Waals surface area contributed by atoms with Gasteiger partial charge in [0, 0.05) is 15.8 Å². The molecule has 0 aromatic carbocycles. The average molecular weight is 129 g/mol. The van der Waals surface area contributed by atoms with Crippen molar-refractivity contribution in [2.45, 2.75) is 6.92 Å². The molecule has 0 spiro atoms. The van der Waals surface area contributed by atoms with E-state index in [0.29, 0.717) is 0 Å². The van der Waals surface area contributed by atoms with E-state index in [-0.39, 0.29) is 0 Å². The number of hydrogen-bond donors (Lipinski definition) is 0. The van der Waals surface area contributed by atoms with Gasteiger partial charge < -0.3 is 0 Å². The maximum Gasteiger partial charge on any atom is 0.0136 e. The molecule has 0 unspecified atom stereocenters. The molecule has 32 valence electrons. The monoisotopic (exact) mass is 128 g/mol. The van der Waals surface area contributed by atoms with Crippen LogP contribution in [0, 0.1) is 0 Å². The Morgan fingerprint density at radius 2 is 2.40 bits per heavy atom. The molecule has 0 bridgehead atoms. The summed E-state index contributed by atoms with van der Waals surface area (Å²) >= 11 is 0. The molecule has 0 aromatic rings. The Kier molecular flexibility index (Phi) is 5.98. The van der Waals surface area contributed by atoms with E-state index in [4.69, 9.17) is 10.7 Å². The first-order valence-electron chi connectivity index (χ1n) is 1.32. The van der Waals surface area contributed by atoms with Crippen molar-refractivity contribution in [3.05, 3.63) is 0 Å². The molecule has 0 saturated carbocycles. The van der Waals surface area contributed by atoms with Gasteiger partial charge in [0.1, 0.15) is 0 Å². The standard InChI is InChI=1S/C2H5ClS2/c1-2-4-5-3/h2H2,1H3. The van der Waals surface area contributed by atoms with E-state index >= 15 is 0 Å². The van der Waals surface area contributed by atoms with Crippen LogP contribution >= 0.6 is 31.5 Å². The predicted octanol–water partition coefficient (Wildman–Crippen LogP) is 2.54. The van der Waals surface area contributed by atoms with E-state index in [1.165, 1.54) is 10.0 Å². The van der Waals surface area contributed by atoms with Gasteiger partial charge in [-0.3, -0.25) is 0 Å². The molecule has 0 rings (SSSR count). The predicted molar refractivity (Wildman–Crippen MR) is 31.6 cm³/mol. The smallest absolute Gasteiger partial charge is 0.0136 e. The molecule has 0 heterocycles. The third-order valence-electron chi connectivity index (χ3n) is 0.162. The lowest BCUT2D eigenvalue weighted by molar-refractivity contribution is 1.54. The molecule has 0 fully saturated rings. The summed E-state index contributed by atoms with van der Waals surface area (Å²) in [5.74, 6) is 1.09. The molecule has 0 amide bonds. The number of rotatable bonds is 2. The van der Waals surface area contributed by atoms with Crippen LogP contribution in [0.25, 0.3) is 0 Å². The van der Waals surface area contributed by atoms with Crippen LogP contribution in [0.2, 0.25) is 0 Å². The van der Waals surface area contributed by atoms with Crippen molar-refractivity contribution < 1.29 is 0 Å². The van der Waals surface area contributed by atoms with E-state index in [1.807, 2.05) is 0 Å². The van der Waals surface area contributed by atoms with Crippen LogP contribution in [0.3, 0.4) is 0 Å². The average Bonchev–Trinajstić information content (AvgIpc) is 1.41. The summed E-state index contributed by atoms with van der Waals surface area (Å²) in [4.78, 5) is 0. The van der Waals surface area contributed by atoms with Gasteiger partial charge in [-0.15, -0.1) is 0 Å². The zero-order valence-electron chi connectivity index (χ0n) is 2.90. The molecule has 0 aromatic heterocycles. The van der Waals surface area contributed by atoms with Crippen molar-refractivity contribution in [2.24, 2.45) is 0 Å². The van der Waals surface area contributed by atoms with Gasteiger partial charge in [0.2, 0.25) is 0 Å². The Morgan fingerprint density at radius 1 is 1.80 bits per heavy atom. The first-order valence-corrected chi connectivity index (χ1v) is 4.46. The summed E-state index contributed by atoms with van der Waals surface area (Å²) in [6.45, 7) is 2.07. The lowest BCUT2D eigenvalue weighted by atomic mass is 11.0. The van der Waals surface area contributed by atoms with Crippen LogP contribution in [0.1, 0.15) is 6.92 Å². The van der Waals surface area contributed by atoms with Crippen molar-refractivity contribution in [2.75, 3.05) is 5.75 Å². The van der Waals surface area contributed by atoms with Crippen LogP contribution in [0.4, 0.5) is 0 Å². The maximum atomic E-state index is 5.18. The maximum absolute atomic E-state index is 5.18. The summed E-state index contributed by atoms with van der Waals surface area (Å²) < 4.78 is 0. The van der Waals surface area contributed by atoms with Crippen LogP contribution in [-0.2, 0) is 0 Å². The zero-order chi connectivity index (χ0) is 4.12. The highest BCUT2D eigenvalue weighted by atomic mass is 35.7. The van der Waals surface area contributed by atoms with Gasteiger partial charge in [0.25, 0.3) is 0 Å². The summed E-state index contributed by atoms with van der Waals surface area (Å²) in [6.07, 6.45) is 0. The molecule has 0 N–H and O–H groups in total. The van der Waals surface area contributed by atoms with E-state index in [9.17, 15) is 0 Å². The Labute approximate surface area is 44.6 Å². The molecule has 0 saturated heterocycles. The van der Waals surface area contributed by atoms with Crippen LogP contribution in [-0.4, -0.2) is 5.75 Å². The summed E-state index contributed by atoms with van der Waals surface area (Å²) in [7, 11) is 8.12. The summed E-state index contributed by atoms with van der Waals surface area (Å²) in [5, 5.41) is 0. The van der Waals surface area contributed by atoms with Gasteiger partial charge in [0.15, 0.2) is 0 Å². The lowest BCUT2D eigenvalue weighted by Crippen LogP contribution is -1.48. The van der Waals surface area contributed by atoms with Crippen LogP contribution in [0.15, 0.2) is 0 Å². The van der Waals surface area contributed by atoms with Crippen molar-refractivity contribution in [3.63, 3.8) is 0 Å². The normalized spacial score (nSPS) is 8.40. The van der Waals surface area contributed by atoms with E-state index in [2.05, 4.69) is 6.92 Å². The van der Waals surface area contributed by atoms with Gasteiger partial charge in [-0.2, -0.15) is 0 Å². The second-order valence-electron chi connectivity index (χ2n) is 0.470. The first-order chi connectivity index (χ1) is 2.41. The van der Waals surface area contributed by atoms with Gasteiger partial charge in [0.05, 0.1) is 0 Å². The highest BCUT2D eigenvalue weighted by molar-refractivity contribution is 8.85. The lowest BCUT2D eigenvalue weighted by Gasteiger charge is -1.76. The Hall–Kier alpha value is 0.990. The molecular formula is C2H5ClS2. The van der Waals surface area contributed by atoms with Gasteiger partial charge in [-0.1, -0.05) is 17.7 Å². The minimum Gasteiger partial charge on any atom is -0.0776 e. The van der Waals surface area contributed by atoms with Gasteiger partial charge >= 0.3 is 0 Å². The Bertz CT molecular complexity index is 15.1. The fourth-order valence-electron chi connectivity index (χ4n) is 0.0445. The second-order valence-corrected chi connectivity index (χ2v) is 3.63. The quantitative estimate of drug-likeness (QED) is 0.525. The molecule has 0 aliphatic heterocycles. The highest BCUT2D eigenvalue weighted by Gasteiger charge is 1.71. The van der Waals surface area contributed by atoms with Crippen molar-refractivity contribution in [3.8, 4) is 0 Å². The molecule has 0 atom stereocenters. The van der Waals surface area contributed by atoms with E-state index < -0.39 is 0 Å². The number of hydrogen-bond acceptors (Lipinski definition) is 2. The molecule has 0 radical (unpaired) electrons. The summed E-state index contributed by atoms with van der Waals surface area (Å²) in [6, 6.07) is 0. The molecule has 0 nitrogen and oxygen atoms in total. The van der Waals surface area contributed by atoms with Crippen molar-refractivity contribution >= 4 is 31.5 Å². The zero-order valence-corrected chi connectivity index (χ0v) is 5.29. The molecule has 0 aliphatic carbocycles. The van der Waals surface area contributed by atoms with Gasteiger partial charge in [-0.05, 0) is 10.7 Å². The Balaban J connectivity index is 2.19. The van der Waals surface area contributed by atoms with Crippen LogP contribution < -0.4 is 0 Å². The molecule has 3 heteroatoms. The molecule has 5 heavy (non-hydrogen) atoms. The van der Waals surface area contributed by atoms with Crippen molar-refractivity contribution in [1.82, 2.24) is 0 Å². The van der Waals surface area contributed by atoms with E-state index in [1.54, 1.807) is 10.8 Å². The topological polar surface area (TPSA) is 0 Å².